The van der Waals surface area contributed by atoms with Crippen molar-refractivity contribution >= 4 is 23.8 Å². The molecule has 0 saturated carbocycles. The van der Waals surface area contributed by atoms with Gasteiger partial charge in [-0.25, -0.2) is 9.59 Å². The largest absolute Gasteiger partial charge is 0.478 e. The van der Waals surface area contributed by atoms with Gasteiger partial charge in [-0.3, -0.25) is 9.59 Å². The van der Waals surface area contributed by atoms with Crippen molar-refractivity contribution in [2.45, 2.75) is 0 Å². The van der Waals surface area contributed by atoms with E-state index in [-0.39, 0.29) is 5.56 Å². The Morgan fingerprint density at radius 1 is 0.947 bits per heavy atom. The molecule has 100 valence electrons. The smallest absolute Gasteiger partial charge is 0.336 e. The van der Waals surface area contributed by atoms with Crippen molar-refractivity contribution < 1.29 is 29.4 Å². The van der Waals surface area contributed by atoms with Crippen LogP contribution in [-0.2, 0) is 0 Å². The number of carbonyl (C=O) groups is 4. The van der Waals surface area contributed by atoms with Crippen molar-refractivity contribution in [2.24, 2.45) is 5.73 Å². The molecule has 0 aliphatic carbocycles. The van der Waals surface area contributed by atoms with Crippen LogP contribution in [0.2, 0.25) is 0 Å². The zero-order valence-corrected chi connectivity index (χ0v) is 9.76. The molecule has 0 aliphatic rings. The standard InChI is InChI=1S/C11H10N2O6/c1-13-9(15)5-3-6(10(16)17)4(8(12)14)2-7(5)11(18)19/h2-3H,1H3,(H2,12,14)(H,13,15)(H,16,17)(H,18,19). The highest BCUT2D eigenvalue weighted by Gasteiger charge is 2.23. The van der Waals surface area contributed by atoms with Gasteiger partial charge in [-0.2, -0.15) is 0 Å². The van der Waals surface area contributed by atoms with Gasteiger partial charge in [0.2, 0.25) is 5.91 Å². The van der Waals surface area contributed by atoms with E-state index in [9.17, 15) is 19.2 Å². The molecule has 0 bridgehead atoms. The maximum Gasteiger partial charge on any atom is 0.336 e. The molecular weight excluding hydrogens is 256 g/mol. The van der Waals surface area contributed by atoms with E-state index in [0.717, 1.165) is 12.1 Å². The minimum atomic E-state index is -1.49. The van der Waals surface area contributed by atoms with E-state index in [1.54, 1.807) is 0 Å². The van der Waals surface area contributed by atoms with Crippen LogP contribution in [-0.4, -0.2) is 41.0 Å². The van der Waals surface area contributed by atoms with Crippen molar-refractivity contribution in [3.63, 3.8) is 0 Å². The van der Waals surface area contributed by atoms with Crippen LogP contribution < -0.4 is 11.1 Å². The maximum absolute atomic E-state index is 11.5. The zero-order valence-electron chi connectivity index (χ0n) is 9.76. The molecule has 0 heterocycles. The fourth-order valence-electron chi connectivity index (χ4n) is 1.48. The van der Waals surface area contributed by atoms with Crippen LogP contribution in [0.4, 0.5) is 0 Å². The Morgan fingerprint density at radius 2 is 1.37 bits per heavy atom. The number of primary amides is 1. The number of nitrogens with one attached hydrogen (secondary N) is 1. The molecule has 8 nitrogen and oxygen atoms in total. The van der Waals surface area contributed by atoms with E-state index in [1.165, 1.54) is 7.05 Å². The third-order valence-corrected chi connectivity index (χ3v) is 2.36. The average molecular weight is 266 g/mol. The van der Waals surface area contributed by atoms with Crippen LogP contribution in [0.5, 0.6) is 0 Å². The van der Waals surface area contributed by atoms with Gasteiger partial charge in [-0.05, 0) is 12.1 Å². The molecule has 1 aromatic carbocycles. The summed E-state index contributed by atoms with van der Waals surface area (Å²) in [7, 11) is 1.26. The van der Waals surface area contributed by atoms with Crippen molar-refractivity contribution in [1.29, 1.82) is 0 Å². The first-order valence-electron chi connectivity index (χ1n) is 4.96. The number of rotatable bonds is 4. The Balaban J connectivity index is 3.69. The van der Waals surface area contributed by atoms with Crippen LogP contribution in [0.15, 0.2) is 12.1 Å². The molecule has 0 unspecified atom stereocenters. The van der Waals surface area contributed by atoms with Gasteiger partial charge in [-0.15, -0.1) is 0 Å². The molecule has 2 amide bonds. The Labute approximate surface area is 106 Å². The Kier molecular flexibility index (Phi) is 3.85. The molecule has 0 fully saturated rings. The summed E-state index contributed by atoms with van der Waals surface area (Å²) in [6, 6.07) is 1.59. The predicted octanol–water partition coefficient (Wildman–Crippen LogP) is -0.459. The lowest BCUT2D eigenvalue weighted by molar-refractivity contribution is 0.0676. The summed E-state index contributed by atoms with van der Waals surface area (Å²) in [5, 5.41) is 20.1. The summed E-state index contributed by atoms with van der Waals surface area (Å²) in [5.41, 5.74) is 3.11. The number of benzene rings is 1. The van der Waals surface area contributed by atoms with Crippen LogP contribution in [0.1, 0.15) is 41.4 Å². The highest BCUT2D eigenvalue weighted by Crippen LogP contribution is 2.18. The first-order valence-corrected chi connectivity index (χ1v) is 4.96. The quantitative estimate of drug-likeness (QED) is 0.579. The lowest BCUT2D eigenvalue weighted by Gasteiger charge is -2.09. The molecule has 1 rings (SSSR count). The molecule has 19 heavy (non-hydrogen) atoms. The molecule has 8 heteroatoms. The highest BCUT2D eigenvalue weighted by atomic mass is 16.4. The maximum atomic E-state index is 11.5. The number of carboxylic acid groups (broad SMARTS) is 2. The third-order valence-electron chi connectivity index (χ3n) is 2.36. The first kappa shape index (κ1) is 14.2. The average Bonchev–Trinajstić information content (AvgIpc) is 2.35. The van der Waals surface area contributed by atoms with E-state index in [0.29, 0.717) is 0 Å². The number of aromatic carboxylic acids is 2. The van der Waals surface area contributed by atoms with E-state index in [2.05, 4.69) is 5.32 Å². The lowest BCUT2D eigenvalue weighted by atomic mass is 9.97. The first-order chi connectivity index (χ1) is 8.79. The van der Waals surface area contributed by atoms with Gasteiger partial charge in [0.15, 0.2) is 0 Å². The van der Waals surface area contributed by atoms with Gasteiger partial charge in [-0.1, -0.05) is 0 Å². The molecule has 0 aliphatic heterocycles. The fraction of sp³-hybridized carbons (Fsp3) is 0.0909. The van der Waals surface area contributed by atoms with Crippen LogP contribution in [0.25, 0.3) is 0 Å². The van der Waals surface area contributed by atoms with Gasteiger partial charge < -0.3 is 21.3 Å². The minimum absolute atomic E-state index is 0.364. The second kappa shape index (κ2) is 5.17. The van der Waals surface area contributed by atoms with Crippen molar-refractivity contribution in [2.75, 3.05) is 7.05 Å². The van der Waals surface area contributed by atoms with E-state index < -0.39 is 40.4 Å². The van der Waals surface area contributed by atoms with Gasteiger partial charge in [0.05, 0.1) is 22.3 Å². The number of nitrogens with two attached hydrogens (primary N) is 1. The number of carbonyl (C=O) groups excluding carboxylic acids is 2. The third kappa shape index (κ3) is 2.68. The Bertz CT molecular complexity index is 593. The SMILES string of the molecule is CNC(=O)c1cc(C(=O)O)c(C(N)=O)cc1C(=O)O. The van der Waals surface area contributed by atoms with Crippen molar-refractivity contribution in [1.82, 2.24) is 5.32 Å². The van der Waals surface area contributed by atoms with Crippen molar-refractivity contribution in [3.05, 3.63) is 34.4 Å². The Morgan fingerprint density at radius 3 is 1.74 bits per heavy atom. The summed E-state index contributed by atoms with van der Waals surface area (Å²) in [6.07, 6.45) is 0. The van der Waals surface area contributed by atoms with Crippen molar-refractivity contribution in [3.8, 4) is 0 Å². The highest BCUT2D eigenvalue weighted by molar-refractivity contribution is 6.11. The normalized spacial score (nSPS) is 9.74. The topological polar surface area (TPSA) is 147 Å². The zero-order chi connectivity index (χ0) is 14.7. The van der Waals surface area contributed by atoms with Gasteiger partial charge >= 0.3 is 11.9 Å². The number of carboxylic acids is 2. The number of hydrogen-bond acceptors (Lipinski definition) is 4. The Hall–Kier alpha value is -2.90. The summed E-state index contributed by atoms with van der Waals surface area (Å²) in [5.74, 6) is -4.84. The molecule has 5 N–H and O–H groups in total. The second-order valence-electron chi connectivity index (χ2n) is 3.50. The molecule has 0 saturated heterocycles. The van der Waals surface area contributed by atoms with Gasteiger partial charge in [0.1, 0.15) is 0 Å². The molecule has 0 atom stereocenters. The minimum Gasteiger partial charge on any atom is -0.478 e. The number of amides is 2. The number of hydrogen-bond donors (Lipinski definition) is 4. The van der Waals surface area contributed by atoms with Gasteiger partial charge in [0, 0.05) is 7.05 Å². The van der Waals surface area contributed by atoms with Crippen LogP contribution in [0.3, 0.4) is 0 Å². The van der Waals surface area contributed by atoms with E-state index in [4.69, 9.17) is 15.9 Å². The molecule has 0 aromatic heterocycles. The molecule has 0 radical (unpaired) electrons. The van der Waals surface area contributed by atoms with Gasteiger partial charge in [0.25, 0.3) is 5.91 Å². The molecule has 0 spiro atoms. The lowest BCUT2D eigenvalue weighted by Crippen LogP contribution is -2.24. The summed E-state index contributed by atoms with van der Waals surface area (Å²) in [6.45, 7) is 0. The summed E-state index contributed by atoms with van der Waals surface area (Å²) < 4.78 is 0. The van der Waals surface area contributed by atoms with E-state index >= 15 is 0 Å². The summed E-state index contributed by atoms with van der Waals surface area (Å²) in [4.78, 5) is 44.6. The molecular formula is C11H10N2O6. The fourth-order valence-corrected chi connectivity index (χ4v) is 1.48. The van der Waals surface area contributed by atoms with E-state index in [1.807, 2.05) is 0 Å². The molecule has 1 aromatic rings. The summed E-state index contributed by atoms with van der Waals surface area (Å²) >= 11 is 0. The van der Waals surface area contributed by atoms with Crippen LogP contribution in [0, 0.1) is 0 Å². The second-order valence-corrected chi connectivity index (χ2v) is 3.50. The monoisotopic (exact) mass is 266 g/mol. The van der Waals surface area contributed by atoms with Crippen LogP contribution >= 0.6 is 0 Å². The predicted molar refractivity (Wildman–Crippen MR) is 62.3 cm³/mol.